The fourth-order valence-corrected chi connectivity index (χ4v) is 3.32. The Kier molecular flexibility index (Phi) is 7.26. The Morgan fingerprint density at radius 2 is 2.03 bits per heavy atom. The fraction of sp³-hybridized carbons (Fsp3) is 0.222. The van der Waals surface area contributed by atoms with Crippen molar-refractivity contribution in [1.29, 1.82) is 5.41 Å². The molecule has 0 unspecified atom stereocenters. The van der Waals surface area contributed by atoms with Crippen LogP contribution in [0.4, 0.5) is 11.8 Å². The van der Waals surface area contributed by atoms with Gasteiger partial charge in [-0.15, -0.1) is 0 Å². The average Bonchev–Trinajstić information content (AvgIpc) is 2.66. The van der Waals surface area contributed by atoms with Gasteiger partial charge in [0.15, 0.2) is 9.84 Å². The molecule has 0 fully saturated rings. The van der Waals surface area contributed by atoms with Gasteiger partial charge < -0.3 is 27.1 Å². The number of primary amides is 1. The zero-order chi connectivity index (χ0) is 21.4. The van der Waals surface area contributed by atoms with Gasteiger partial charge in [0.05, 0.1) is 17.1 Å². The fourth-order valence-electron chi connectivity index (χ4n) is 2.38. The summed E-state index contributed by atoms with van der Waals surface area (Å²) in [6, 6.07) is 6.74. The Morgan fingerprint density at radius 3 is 2.69 bits per heavy atom. The number of sulfone groups is 1. The van der Waals surface area contributed by atoms with E-state index in [2.05, 4.69) is 25.9 Å². The number of carbonyl (C=O) groups excluding carboxylic acids is 1. The van der Waals surface area contributed by atoms with Crippen LogP contribution in [-0.2, 0) is 21.2 Å². The first kappa shape index (κ1) is 21.8. The highest BCUT2D eigenvalue weighted by Gasteiger charge is 2.13. The Morgan fingerprint density at radius 1 is 1.31 bits per heavy atom. The molecule has 1 heterocycles. The lowest BCUT2D eigenvalue weighted by Crippen LogP contribution is -2.25. The highest BCUT2D eigenvalue weighted by atomic mass is 32.2. The summed E-state index contributed by atoms with van der Waals surface area (Å²) in [7, 11) is -3.35. The van der Waals surface area contributed by atoms with Crippen molar-refractivity contribution in [2.45, 2.75) is 18.4 Å². The second-order valence-corrected chi connectivity index (χ2v) is 8.16. The molecule has 2 aromatic rings. The Bertz CT molecular complexity index is 1040. The third-order valence-electron chi connectivity index (χ3n) is 3.74. The van der Waals surface area contributed by atoms with E-state index in [0.717, 1.165) is 11.8 Å². The molecule has 2 rings (SSSR count). The number of carbonyl (C=O) groups is 1. The molecule has 0 aliphatic heterocycles. The highest BCUT2D eigenvalue weighted by Crippen LogP contribution is 2.19. The number of anilines is 2. The van der Waals surface area contributed by atoms with Crippen molar-refractivity contribution >= 4 is 33.7 Å². The minimum absolute atomic E-state index is 0.0691. The molecule has 0 spiro atoms. The van der Waals surface area contributed by atoms with Crippen LogP contribution in [-0.4, -0.2) is 43.3 Å². The van der Waals surface area contributed by atoms with Crippen LogP contribution in [0, 0.1) is 12.3 Å². The largest absolute Gasteiger partial charge is 0.380 e. The van der Waals surface area contributed by atoms with Crippen molar-refractivity contribution < 1.29 is 13.2 Å². The molecule has 29 heavy (non-hydrogen) atoms. The highest BCUT2D eigenvalue weighted by molar-refractivity contribution is 7.90. The zero-order valence-corrected chi connectivity index (χ0v) is 16.9. The van der Waals surface area contributed by atoms with Gasteiger partial charge in [0.2, 0.25) is 11.9 Å². The van der Waals surface area contributed by atoms with Crippen LogP contribution in [0.5, 0.6) is 0 Å². The molecule has 11 heteroatoms. The number of rotatable bonds is 10. The van der Waals surface area contributed by atoms with E-state index in [-0.39, 0.29) is 23.9 Å². The van der Waals surface area contributed by atoms with Crippen molar-refractivity contribution in [1.82, 2.24) is 15.3 Å². The van der Waals surface area contributed by atoms with Crippen LogP contribution in [0.2, 0.25) is 0 Å². The number of amides is 1. The van der Waals surface area contributed by atoms with E-state index in [1.54, 1.807) is 30.5 Å². The first-order chi connectivity index (χ1) is 13.7. The average molecular weight is 417 g/mol. The van der Waals surface area contributed by atoms with Crippen molar-refractivity contribution in [3.63, 3.8) is 0 Å². The number of hydrogen-bond acceptors (Lipinski definition) is 9. The van der Waals surface area contributed by atoms with E-state index >= 15 is 0 Å². The minimum Gasteiger partial charge on any atom is -0.380 e. The number of allylic oxidation sites excluding steroid dienone is 1. The van der Waals surface area contributed by atoms with Gasteiger partial charge in [-0.05, 0) is 18.6 Å². The van der Waals surface area contributed by atoms with Crippen molar-refractivity contribution in [3.8, 4) is 0 Å². The maximum Gasteiger partial charge on any atom is 0.236 e. The van der Waals surface area contributed by atoms with E-state index in [9.17, 15) is 13.2 Å². The summed E-state index contributed by atoms with van der Waals surface area (Å²) in [5.74, 6) is 0.211. The summed E-state index contributed by atoms with van der Waals surface area (Å²) in [5.41, 5.74) is 6.76. The maximum atomic E-state index is 11.9. The van der Waals surface area contributed by atoms with E-state index in [4.69, 9.17) is 11.1 Å². The molecule has 0 saturated heterocycles. The summed E-state index contributed by atoms with van der Waals surface area (Å²) in [5, 5.41) is 16.1. The van der Waals surface area contributed by atoms with Gasteiger partial charge in [-0.3, -0.25) is 4.79 Å². The molecular formula is C18H23N7O3S. The van der Waals surface area contributed by atoms with Crippen LogP contribution < -0.4 is 21.7 Å². The molecule has 0 bridgehead atoms. The summed E-state index contributed by atoms with van der Waals surface area (Å²) in [6.07, 6.45) is 5.21. The van der Waals surface area contributed by atoms with E-state index in [1.165, 1.54) is 12.5 Å². The third-order valence-corrected chi connectivity index (χ3v) is 4.93. The summed E-state index contributed by atoms with van der Waals surface area (Å²) >= 11 is 0. The summed E-state index contributed by atoms with van der Waals surface area (Å²) < 4.78 is 23.9. The second kappa shape index (κ2) is 9.64. The number of aromatic nitrogens is 2. The topological polar surface area (TPSA) is 163 Å². The minimum atomic E-state index is -3.35. The first-order valence-electron chi connectivity index (χ1n) is 8.55. The second-order valence-electron chi connectivity index (χ2n) is 6.17. The van der Waals surface area contributed by atoms with Gasteiger partial charge in [-0.1, -0.05) is 18.2 Å². The van der Waals surface area contributed by atoms with Crippen molar-refractivity contribution in [2.75, 3.05) is 23.4 Å². The van der Waals surface area contributed by atoms with Gasteiger partial charge >= 0.3 is 0 Å². The lowest BCUT2D eigenvalue weighted by molar-refractivity contribution is -0.117. The predicted molar refractivity (Wildman–Crippen MR) is 111 cm³/mol. The van der Waals surface area contributed by atoms with Gasteiger partial charge in [-0.25, -0.2) is 13.4 Å². The molecule has 10 nitrogen and oxygen atoms in total. The monoisotopic (exact) mass is 417 g/mol. The molecule has 0 atom stereocenters. The Balaban J connectivity index is 2.16. The third kappa shape index (κ3) is 6.57. The standard InChI is InChI=1S/C18H23N7O3S/c1-12-8-23-18(24-14(7-19)10-21-11-16(20)26)25-17(12)22-9-13-5-3-4-6-15(13)29(2,27)28/h3-8,10,19,21H,9,11H2,1-2H3,(H2,20,26)(H2,22,23,24,25)/b14-10+,19-7?. The van der Waals surface area contributed by atoms with E-state index < -0.39 is 15.7 Å². The normalized spacial score (nSPS) is 11.6. The SMILES string of the molecule is Cc1cnc(N/C(C=N)=C/NCC(N)=O)nc1NCc1ccccc1S(C)(=O)=O. The number of nitrogens with zero attached hydrogens (tertiary/aromatic N) is 2. The van der Waals surface area contributed by atoms with Crippen LogP contribution in [0.25, 0.3) is 0 Å². The molecule has 0 radical (unpaired) electrons. The lowest BCUT2D eigenvalue weighted by Gasteiger charge is -2.13. The molecule has 6 N–H and O–H groups in total. The molecule has 1 amide bonds. The van der Waals surface area contributed by atoms with Gasteiger partial charge in [0, 0.05) is 37.0 Å². The van der Waals surface area contributed by atoms with E-state index in [0.29, 0.717) is 17.1 Å². The summed E-state index contributed by atoms with van der Waals surface area (Å²) in [4.78, 5) is 19.5. The maximum absolute atomic E-state index is 11.9. The quantitative estimate of drug-likeness (QED) is 0.354. The number of nitrogens with two attached hydrogens (primary N) is 1. The first-order valence-corrected chi connectivity index (χ1v) is 10.4. The molecule has 154 valence electrons. The number of aryl methyl sites for hydroxylation is 1. The molecule has 1 aromatic heterocycles. The van der Waals surface area contributed by atoms with Crippen LogP contribution in [0.15, 0.2) is 47.3 Å². The van der Waals surface area contributed by atoms with Gasteiger partial charge in [-0.2, -0.15) is 4.98 Å². The van der Waals surface area contributed by atoms with Gasteiger partial charge in [0.25, 0.3) is 0 Å². The van der Waals surface area contributed by atoms with Crippen LogP contribution in [0.1, 0.15) is 11.1 Å². The van der Waals surface area contributed by atoms with Crippen molar-refractivity contribution in [3.05, 3.63) is 53.5 Å². The van der Waals surface area contributed by atoms with Crippen molar-refractivity contribution in [2.24, 2.45) is 5.73 Å². The van der Waals surface area contributed by atoms with E-state index in [1.807, 2.05) is 6.92 Å². The van der Waals surface area contributed by atoms with Crippen LogP contribution >= 0.6 is 0 Å². The smallest absolute Gasteiger partial charge is 0.236 e. The summed E-state index contributed by atoms with van der Waals surface area (Å²) in [6.45, 7) is 2.00. The Labute approximate surface area is 169 Å². The molecule has 0 aliphatic carbocycles. The molecule has 1 aromatic carbocycles. The van der Waals surface area contributed by atoms with Gasteiger partial charge in [0.1, 0.15) is 5.82 Å². The van der Waals surface area contributed by atoms with Crippen LogP contribution in [0.3, 0.4) is 0 Å². The Hall–Kier alpha value is -3.47. The predicted octanol–water partition coefficient (Wildman–Crippen LogP) is 0.778. The number of hydrogen-bond donors (Lipinski definition) is 5. The lowest BCUT2D eigenvalue weighted by atomic mass is 10.2. The zero-order valence-electron chi connectivity index (χ0n) is 16.1. The number of benzene rings is 1. The molecule has 0 aliphatic rings. The molecular weight excluding hydrogens is 394 g/mol. The molecule has 0 saturated carbocycles. The number of nitrogens with one attached hydrogen (secondary N) is 4.